The van der Waals surface area contributed by atoms with Crippen molar-refractivity contribution in [1.82, 2.24) is 0 Å². The van der Waals surface area contributed by atoms with Crippen LogP contribution in [0.1, 0.15) is 24.2 Å². The lowest BCUT2D eigenvalue weighted by Gasteiger charge is -2.30. The van der Waals surface area contributed by atoms with E-state index < -0.39 is 0 Å². The highest BCUT2D eigenvalue weighted by molar-refractivity contribution is 6.31. The molecule has 0 aliphatic rings. The molecule has 0 aliphatic heterocycles. The molecule has 0 aliphatic carbocycles. The first-order chi connectivity index (χ1) is 8.13. The summed E-state index contributed by atoms with van der Waals surface area (Å²) in [6.07, 6.45) is 0.837. The average molecular weight is 256 g/mol. The first-order valence-electron chi connectivity index (χ1n) is 5.64. The van der Waals surface area contributed by atoms with Gasteiger partial charge in [-0.25, -0.2) is 0 Å². The van der Waals surface area contributed by atoms with Gasteiger partial charge in [0.2, 0.25) is 0 Å². The number of aldehydes is 1. The molecule has 0 spiro atoms. The molecule has 17 heavy (non-hydrogen) atoms. The zero-order valence-electron chi connectivity index (χ0n) is 10.4. The predicted molar refractivity (Wildman–Crippen MR) is 71.2 cm³/mol. The van der Waals surface area contributed by atoms with Crippen molar-refractivity contribution < 1.29 is 9.53 Å². The number of nitrogens with zero attached hydrogens (tertiary/aromatic N) is 1. The van der Waals surface area contributed by atoms with Crippen LogP contribution in [0.3, 0.4) is 0 Å². The number of likely N-dealkylation sites (N-methyl/N-ethyl adjacent to an activating group) is 1. The van der Waals surface area contributed by atoms with E-state index in [4.69, 9.17) is 16.3 Å². The van der Waals surface area contributed by atoms with Crippen LogP contribution in [0.2, 0.25) is 5.02 Å². The molecule has 0 aromatic heterocycles. The molecule has 0 amide bonds. The molecule has 0 N–H and O–H groups in total. The monoisotopic (exact) mass is 255 g/mol. The van der Waals surface area contributed by atoms with E-state index in [-0.39, 0.29) is 6.04 Å². The number of methoxy groups -OCH3 is 1. The number of carbonyl (C=O) groups is 1. The Morgan fingerprint density at radius 1 is 1.53 bits per heavy atom. The van der Waals surface area contributed by atoms with Crippen molar-refractivity contribution in [2.24, 2.45) is 0 Å². The van der Waals surface area contributed by atoms with Crippen LogP contribution in [0.5, 0.6) is 0 Å². The molecule has 1 aromatic carbocycles. The van der Waals surface area contributed by atoms with E-state index in [1.165, 1.54) is 0 Å². The van der Waals surface area contributed by atoms with Gasteiger partial charge in [-0.05, 0) is 32.0 Å². The Kier molecular flexibility index (Phi) is 5.45. The van der Waals surface area contributed by atoms with Crippen molar-refractivity contribution in [3.8, 4) is 0 Å². The van der Waals surface area contributed by atoms with Crippen LogP contribution < -0.4 is 4.90 Å². The third-order valence-corrected chi connectivity index (χ3v) is 2.94. The van der Waals surface area contributed by atoms with Crippen LogP contribution >= 0.6 is 11.6 Å². The Hall–Kier alpha value is -1.06. The maximum Gasteiger partial charge on any atom is 0.152 e. The molecule has 1 aromatic rings. The van der Waals surface area contributed by atoms with Crippen molar-refractivity contribution in [2.75, 3.05) is 25.2 Å². The maximum absolute atomic E-state index is 11.1. The summed E-state index contributed by atoms with van der Waals surface area (Å²) < 4.78 is 5.15. The van der Waals surface area contributed by atoms with Gasteiger partial charge in [0.15, 0.2) is 6.29 Å². The van der Waals surface area contributed by atoms with Gasteiger partial charge in [-0.3, -0.25) is 4.79 Å². The van der Waals surface area contributed by atoms with Crippen LogP contribution in [0, 0.1) is 0 Å². The first-order valence-corrected chi connectivity index (χ1v) is 6.02. The van der Waals surface area contributed by atoms with Crippen LogP contribution in [0.4, 0.5) is 5.69 Å². The molecule has 1 rings (SSSR count). The third-order valence-electron chi connectivity index (χ3n) is 2.71. The minimum atomic E-state index is 0.213. The van der Waals surface area contributed by atoms with E-state index in [1.54, 1.807) is 19.2 Å². The summed E-state index contributed by atoms with van der Waals surface area (Å²) in [5.41, 5.74) is 1.51. The minimum Gasteiger partial charge on any atom is -0.383 e. The first kappa shape index (κ1) is 14.0. The summed E-state index contributed by atoms with van der Waals surface area (Å²) in [7, 11) is 1.67. The molecule has 1 unspecified atom stereocenters. The van der Waals surface area contributed by atoms with E-state index in [9.17, 15) is 4.79 Å². The van der Waals surface area contributed by atoms with E-state index >= 15 is 0 Å². The number of ether oxygens (including phenoxy) is 1. The van der Waals surface area contributed by atoms with Crippen LogP contribution in [0.25, 0.3) is 0 Å². The van der Waals surface area contributed by atoms with Gasteiger partial charge in [0.1, 0.15) is 0 Å². The molecule has 0 saturated heterocycles. The number of hydrogen-bond donors (Lipinski definition) is 0. The summed E-state index contributed by atoms with van der Waals surface area (Å²) >= 11 is 5.88. The highest BCUT2D eigenvalue weighted by Crippen LogP contribution is 2.24. The van der Waals surface area contributed by atoms with Crippen molar-refractivity contribution in [3.63, 3.8) is 0 Å². The number of carbonyl (C=O) groups excluding carboxylic acids is 1. The quantitative estimate of drug-likeness (QED) is 0.732. The maximum atomic E-state index is 11.1. The van der Waals surface area contributed by atoms with E-state index in [2.05, 4.69) is 18.7 Å². The fourth-order valence-electron chi connectivity index (χ4n) is 1.93. The Bertz CT molecular complexity index is 382. The van der Waals surface area contributed by atoms with Gasteiger partial charge in [-0.15, -0.1) is 0 Å². The average Bonchev–Trinajstić information content (AvgIpc) is 2.32. The Morgan fingerprint density at radius 2 is 2.24 bits per heavy atom. The van der Waals surface area contributed by atoms with Crippen LogP contribution in [-0.4, -0.2) is 32.6 Å². The number of halogens is 1. The van der Waals surface area contributed by atoms with Crippen molar-refractivity contribution >= 4 is 23.6 Å². The summed E-state index contributed by atoms with van der Waals surface area (Å²) in [5, 5.41) is 0.575. The van der Waals surface area contributed by atoms with Crippen molar-refractivity contribution in [3.05, 3.63) is 28.8 Å². The summed E-state index contributed by atoms with van der Waals surface area (Å²) in [6.45, 7) is 5.55. The molecule has 0 radical (unpaired) electrons. The van der Waals surface area contributed by atoms with Crippen molar-refractivity contribution in [2.45, 2.75) is 19.9 Å². The van der Waals surface area contributed by atoms with Gasteiger partial charge in [0, 0.05) is 36.0 Å². The van der Waals surface area contributed by atoms with Crippen LogP contribution in [0.15, 0.2) is 18.2 Å². The lowest BCUT2D eigenvalue weighted by Crippen LogP contribution is -2.36. The summed E-state index contributed by atoms with van der Waals surface area (Å²) in [4.78, 5) is 13.2. The fraction of sp³-hybridized carbons (Fsp3) is 0.462. The van der Waals surface area contributed by atoms with E-state index in [1.807, 2.05) is 6.07 Å². The fourth-order valence-corrected chi connectivity index (χ4v) is 2.11. The van der Waals surface area contributed by atoms with Gasteiger partial charge in [-0.1, -0.05) is 11.6 Å². The SMILES string of the molecule is CCN(c1ccc(Cl)cc1C=O)C(C)COC. The second-order valence-corrected chi connectivity index (χ2v) is 4.35. The molecule has 0 bridgehead atoms. The normalized spacial score (nSPS) is 12.2. The van der Waals surface area contributed by atoms with Gasteiger partial charge in [-0.2, -0.15) is 0 Å². The second-order valence-electron chi connectivity index (χ2n) is 3.91. The molecule has 4 heteroatoms. The molecular formula is C13H18ClNO2. The van der Waals surface area contributed by atoms with E-state index in [0.29, 0.717) is 17.2 Å². The molecule has 1 atom stereocenters. The Morgan fingerprint density at radius 3 is 2.76 bits per heavy atom. The number of anilines is 1. The largest absolute Gasteiger partial charge is 0.383 e. The highest BCUT2D eigenvalue weighted by Gasteiger charge is 2.15. The van der Waals surface area contributed by atoms with Gasteiger partial charge in [0.25, 0.3) is 0 Å². The second kappa shape index (κ2) is 6.62. The lowest BCUT2D eigenvalue weighted by atomic mass is 10.1. The minimum absolute atomic E-state index is 0.213. The van der Waals surface area contributed by atoms with Gasteiger partial charge in [0.05, 0.1) is 6.61 Å². The highest BCUT2D eigenvalue weighted by atomic mass is 35.5. The standard InChI is InChI=1S/C13H18ClNO2/c1-4-15(10(2)9-17-3)13-6-5-12(14)7-11(13)8-16/h5-8,10H,4,9H2,1-3H3. The van der Waals surface area contributed by atoms with Crippen molar-refractivity contribution in [1.29, 1.82) is 0 Å². The zero-order valence-corrected chi connectivity index (χ0v) is 11.2. The molecule has 0 saturated carbocycles. The molecule has 94 valence electrons. The van der Waals surface area contributed by atoms with Gasteiger partial charge >= 0.3 is 0 Å². The topological polar surface area (TPSA) is 29.5 Å². The molecule has 3 nitrogen and oxygen atoms in total. The third kappa shape index (κ3) is 3.45. The van der Waals surface area contributed by atoms with Crippen LogP contribution in [-0.2, 0) is 4.74 Å². The number of hydrogen-bond acceptors (Lipinski definition) is 3. The van der Waals surface area contributed by atoms with Gasteiger partial charge < -0.3 is 9.64 Å². The Labute approximate surface area is 107 Å². The summed E-state index contributed by atoms with van der Waals surface area (Å²) in [5.74, 6) is 0. The molecule has 0 fully saturated rings. The smallest absolute Gasteiger partial charge is 0.152 e. The number of benzene rings is 1. The lowest BCUT2D eigenvalue weighted by molar-refractivity contribution is 0.112. The number of rotatable bonds is 6. The summed E-state index contributed by atoms with van der Waals surface area (Å²) in [6, 6.07) is 5.57. The molecular weight excluding hydrogens is 238 g/mol. The molecule has 0 heterocycles. The zero-order chi connectivity index (χ0) is 12.8. The van der Waals surface area contributed by atoms with E-state index in [0.717, 1.165) is 18.5 Å². The predicted octanol–water partition coefficient (Wildman–Crippen LogP) is 3.01. The Balaban J connectivity index is 3.06.